The van der Waals surface area contributed by atoms with E-state index in [9.17, 15) is 8.42 Å². The van der Waals surface area contributed by atoms with E-state index in [1.165, 1.54) is 5.56 Å². The fourth-order valence-electron chi connectivity index (χ4n) is 2.57. The smallest absolute Gasteiger partial charge is 0.191 e. The summed E-state index contributed by atoms with van der Waals surface area (Å²) in [5, 5.41) is 6.27. The zero-order valence-electron chi connectivity index (χ0n) is 19.1. The summed E-state index contributed by atoms with van der Waals surface area (Å²) in [6.07, 6.45) is 1.74. The molecule has 0 amide bonds. The maximum absolute atomic E-state index is 12.2. The van der Waals surface area contributed by atoms with Crippen LogP contribution in [-0.2, 0) is 16.3 Å². The number of nitrogens with zero attached hydrogens (tertiary/aromatic N) is 1. The van der Waals surface area contributed by atoms with Crippen LogP contribution in [0.25, 0.3) is 0 Å². The second-order valence-corrected chi connectivity index (χ2v) is 10.5. The van der Waals surface area contributed by atoms with Gasteiger partial charge in [-0.25, -0.2) is 8.42 Å². The maximum Gasteiger partial charge on any atom is 0.191 e. The lowest BCUT2D eigenvalue weighted by Crippen LogP contribution is -2.41. The molecule has 0 unspecified atom stereocenters. The maximum atomic E-state index is 12.2. The molecule has 1 rings (SSSR count). The van der Waals surface area contributed by atoms with Gasteiger partial charge in [0.2, 0.25) is 0 Å². The topological polar surface area (TPSA) is 89.0 Å². The van der Waals surface area contributed by atoms with Crippen LogP contribution in [0.5, 0.6) is 11.5 Å². The summed E-state index contributed by atoms with van der Waals surface area (Å²) in [7, 11) is -1.52. The van der Waals surface area contributed by atoms with Gasteiger partial charge in [0.1, 0.15) is 0 Å². The number of hydrogen-bond acceptors (Lipinski definition) is 5. The normalized spacial score (nSPS) is 12.1. The van der Waals surface area contributed by atoms with Crippen molar-refractivity contribution >= 4 is 39.8 Å². The van der Waals surface area contributed by atoms with E-state index in [4.69, 9.17) is 9.47 Å². The molecular formula is C21H38IN3O4S. The number of halogens is 1. The molecule has 2 N–H and O–H groups in total. The summed E-state index contributed by atoms with van der Waals surface area (Å²) in [6, 6.07) is 5.96. The van der Waals surface area contributed by atoms with Gasteiger partial charge in [0.25, 0.3) is 0 Å². The quantitative estimate of drug-likeness (QED) is 0.188. The van der Waals surface area contributed by atoms with Crippen LogP contribution in [0.2, 0.25) is 0 Å². The largest absolute Gasteiger partial charge is 0.493 e. The summed E-state index contributed by atoms with van der Waals surface area (Å²) in [6.45, 7) is 11.4. The van der Waals surface area contributed by atoms with Crippen LogP contribution in [0.3, 0.4) is 0 Å². The van der Waals surface area contributed by atoms with Crippen LogP contribution in [0, 0.1) is 0 Å². The van der Waals surface area contributed by atoms with Crippen LogP contribution in [0.15, 0.2) is 23.2 Å². The van der Waals surface area contributed by atoms with Gasteiger partial charge < -0.3 is 20.1 Å². The number of guanidine groups is 1. The molecule has 0 aliphatic heterocycles. The van der Waals surface area contributed by atoms with E-state index in [2.05, 4.69) is 15.6 Å². The Morgan fingerprint density at radius 3 is 2.40 bits per heavy atom. The molecule has 0 heterocycles. The first kappa shape index (κ1) is 28.8. The average Bonchev–Trinajstić information content (AvgIpc) is 2.64. The van der Waals surface area contributed by atoms with E-state index >= 15 is 0 Å². The van der Waals surface area contributed by atoms with Gasteiger partial charge in [0.05, 0.1) is 24.2 Å². The minimum atomic E-state index is -3.15. The third-order valence-corrected chi connectivity index (χ3v) is 6.97. The first-order valence-corrected chi connectivity index (χ1v) is 11.8. The van der Waals surface area contributed by atoms with Gasteiger partial charge in [0, 0.05) is 19.6 Å². The van der Waals surface area contributed by atoms with Crippen LogP contribution in [0.1, 0.15) is 46.6 Å². The van der Waals surface area contributed by atoms with Crippen molar-refractivity contribution in [1.82, 2.24) is 10.6 Å². The highest BCUT2D eigenvalue weighted by atomic mass is 127. The Morgan fingerprint density at radius 1 is 1.13 bits per heavy atom. The Bertz CT molecular complexity index is 762. The van der Waals surface area contributed by atoms with Crippen LogP contribution in [-0.4, -0.2) is 58.2 Å². The van der Waals surface area contributed by atoms with Crippen molar-refractivity contribution in [2.75, 3.05) is 39.1 Å². The SMILES string of the molecule is CCNC(=NCCCc1ccc(OC)c(OCC)c1)NCCS(=O)(=O)C(C)(C)C.I. The van der Waals surface area contributed by atoms with E-state index in [-0.39, 0.29) is 29.7 Å². The Hall–Kier alpha value is -1.23. The van der Waals surface area contributed by atoms with Crippen molar-refractivity contribution in [2.45, 2.75) is 52.2 Å². The molecular weight excluding hydrogens is 517 g/mol. The second-order valence-electron chi connectivity index (χ2n) is 7.64. The fraction of sp³-hybridized carbons (Fsp3) is 0.667. The Kier molecular flexibility index (Phi) is 13.4. The van der Waals surface area contributed by atoms with Gasteiger partial charge >= 0.3 is 0 Å². The molecule has 174 valence electrons. The lowest BCUT2D eigenvalue weighted by atomic mass is 10.1. The second kappa shape index (κ2) is 14.0. The van der Waals surface area contributed by atoms with E-state index in [0.717, 1.165) is 24.3 Å². The molecule has 0 saturated heterocycles. The van der Waals surface area contributed by atoms with Crippen molar-refractivity contribution < 1.29 is 17.9 Å². The molecule has 0 fully saturated rings. The minimum absolute atomic E-state index is 0. The fourth-order valence-corrected chi connectivity index (χ4v) is 3.55. The van der Waals surface area contributed by atoms with Gasteiger partial charge in [-0.2, -0.15) is 0 Å². The molecule has 0 aromatic heterocycles. The van der Waals surface area contributed by atoms with Gasteiger partial charge in [0.15, 0.2) is 27.3 Å². The predicted octanol–water partition coefficient (Wildman–Crippen LogP) is 3.41. The number of rotatable bonds is 11. The summed E-state index contributed by atoms with van der Waals surface area (Å²) < 4.78 is 34.6. The number of hydrogen-bond donors (Lipinski definition) is 2. The van der Waals surface area contributed by atoms with Gasteiger partial charge in [-0.15, -0.1) is 24.0 Å². The number of ether oxygens (including phenoxy) is 2. The number of methoxy groups -OCH3 is 1. The molecule has 30 heavy (non-hydrogen) atoms. The van der Waals surface area contributed by atoms with E-state index in [1.807, 2.05) is 32.0 Å². The number of benzene rings is 1. The molecule has 0 atom stereocenters. The first-order chi connectivity index (χ1) is 13.6. The van der Waals surface area contributed by atoms with Crippen molar-refractivity contribution in [3.8, 4) is 11.5 Å². The van der Waals surface area contributed by atoms with E-state index < -0.39 is 14.6 Å². The zero-order valence-corrected chi connectivity index (χ0v) is 22.2. The Balaban J connectivity index is 0.00000841. The zero-order chi connectivity index (χ0) is 21.9. The van der Waals surface area contributed by atoms with Crippen LogP contribution >= 0.6 is 24.0 Å². The summed E-state index contributed by atoms with van der Waals surface area (Å²) in [5.74, 6) is 2.21. The standard InChI is InChI=1S/C21H37N3O4S.HI/c1-7-22-20(24-14-15-29(25,26)21(3,4)5)23-13-9-10-17-11-12-18(27-6)19(16-17)28-8-2;/h11-12,16H,7-10,13-15H2,1-6H3,(H2,22,23,24);1H. The third kappa shape index (κ3) is 9.72. The lowest BCUT2D eigenvalue weighted by Gasteiger charge is -2.19. The highest BCUT2D eigenvalue weighted by molar-refractivity contribution is 14.0. The van der Waals surface area contributed by atoms with Crippen molar-refractivity contribution in [2.24, 2.45) is 4.99 Å². The average molecular weight is 556 g/mol. The third-order valence-electron chi connectivity index (χ3n) is 4.36. The highest BCUT2D eigenvalue weighted by Crippen LogP contribution is 2.28. The number of aliphatic imine (C=N–C) groups is 1. The molecule has 0 saturated carbocycles. The summed E-state index contributed by atoms with van der Waals surface area (Å²) >= 11 is 0. The molecule has 9 heteroatoms. The van der Waals surface area contributed by atoms with Crippen molar-refractivity contribution in [3.05, 3.63) is 23.8 Å². The molecule has 1 aromatic carbocycles. The molecule has 7 nitrogen and oxygen atoms in total. The van der Waals surface area contributed by atoms with E-state index in [1.54, 1.807) is 27.9 Å². The van der Waals surface area contributed by atoms with E-state index in [0.29, 0.717) is 32.2 Å². The number of sulfone groups is 1. The first-order valence-electron chi connectivity index (χ1n) is 10.2. The summed E-state index contributed by atoms with van der Waals surface area (Å²) in [5.41, 5.74) is 1.17. The molecule has 1 aromatic rings. The highest BCUT2D eigenvalue weighted by Gasteiger charge is 2.28. The molecule has 0 spiro atoms. The predicted molar refractivity (Wildman–Crippen MR) is 135 cm³/mol. The van der Waals surface area contributed by atoms with Crippen molar-refractivity contribution in [3.63, 3.8) is 0 Å². The van der Waals surface area contributed by atoms with Crippen molar-refractivity contribution in [1.29, 1.82) is 0 Å². The minimum Gasteiger partial charge on any atom is -0.493 e. The van der Waals surface area contributed by atoms with Gasteiger partial charge in [-0.05, 0) is 65.2 Å². The monoisotopic (exact) mass is 555 g/mol. The molecule has 0 aliphatic rings. The van der Waals surface area contributed by atoms with Crippen LogP contribution in [0.4, 0.5) is 0 Å². The van der Waals surface area contributed by atoms with Gasteiger partial charge in [-0.3, -0.25) is 4.99 Å². The Morgan fingerprint density at radius 2 is 1.83 bits per heavy atom. The number of nitrogens with one attached hydrogen (secondary N) is 2. The number of aryl methyl sites for hydroxylation is 1. The van der Waals surface area contributed by atoms with Crippen LogP contribution < -0.4 is 20.1 Å². The molecule has 0 radical (unpaired) electrons. The Labute approximate surface area is 199 Å². The van der Waals surface area contributed by atoms with Gasteiger partial charge in [-0.1, -0.05) is 6.07 Å². The molecule has 0 aliphatic carbocycles. The lowest BCUT2D eigenvalue weighted by molar-refractivity contribution is 0.310. The molecule has 0 bridgehead atoms. The summed E-state index contributed by atoms with van der Waals surface area (Å²) in [4.78, 5) is 4.55.